The van der Waals surface area contributed by atoms with Crippen molar-refractivity contribution in [1.82, 2.24) is 0 Å². The van der Waals surface area contributed by atoms with E-state index in [0.29, 0.717) is 11.1 Å². The molecule has 0 atom stereocenters. The zero-order valence-electron chi connectivity index (χ0n) is 11.0. The number of hydrogen-bond acceptors (Lipinski definition) is 3. The number of hydrogen-bond donors (Lipinski definition) is 1. The van der Waals surface area contributed by atoms with Crippen LogP contribution in [0.4, 0.5) is 4.39 Å². The molecule has 0 unspecified atom stereocenters. The van der Waals surface area contributed by atoms with Gasteiger partial charge in [0.1, 0.15) is 11.4 Å². The fourth-order valence-corrected chi connectivity index (χ4v) is 1.97. The van der Waals surface area contributed by atoms with Crippen LogP contribution in [-0.4, -0.2) is 25.3 Å². The molecule has 0 heterocycles. The molecule has 0 fully saturated rings. The third-order valence-corrected chi connectivity index (χ3v) is 2.89. The highest BCUT2D eigenvalue weighted by atomic mass is 19.1. The molecule has 2 rings (SSSR count). The quantitative estimate of drug-likeness (QED) is 0.931. The van der Waals surface area contributed by atoms with Gasteiger partial charge in [-0.15, -0.1) is 0 Å². The smallest absolute Gasteiger partial charge is 0.339 e. The molecule has 0 radical (unpaired) electrons. The second kappa shape index (κ2) is 5.61. The number of rotatable bonds is 4. The van der Waals surface area contributed by atoms with Crippen LogP contribution in [0.5, 0.6) is 11.5 Å². The summed E-state index contributed by atoms with van der Waals surface area (Å²) >= 11 is 0. The van der Waals surface area contributed by atoms with Crippen molar-refractivity contribution in [3.05, 3.63) is 47.8 Å². The Morgan fingerprint density at radius 2 is 1.85 bits per heavy atom. The van der Waals surface area contributed by atoms with E-state index >= 15 is 0 Å². The Bertz CT molecular complexity index is 652. The van der Waals surface area contributed by atoms with Crippen molar-refractivity contribution in [2.75, 3.05) is 14.2 Å². The highest BCUT2D eigenvalue weighted by molar-refractivity contribution is 5.94. The number of aromatic carboxylic acids is 1. The van der Waals surface area contributed by atoms with Crippen molar-refractivity contribution in [2.24, 2.45) is 0 Å². The summed E-state index contributed by atoms with van der Waals surface area (Å²) < 4.78 is 24.0. The lowest BCUT2D eigenvalue weighted by Crippen LogP contribution is -2.03. The number of benzene rings is 2. The summed E-state index contributed by atoms with van der Waals surface area (Å²) in [5, 5.41) is 9.23. The maximum atomic E-state index is 13.8. The fourth-order valence-electron chi connectivity index (χ4n) is 1.97. The van der Waals surface area contributed by atoms with Crippen molar-refractivity contribution >= 4 is 5.97 Å². The van der Waals surface area contributed by atoms with Gasteiger partial charge in [0.15, 0.2) is 11.5 Å². The van der Waals surface area contributed by atoms with Gasteiger partial charge in [-0.25, -0.2) is 9.18 Å². The van der Waals surface area contributed by atoms with Gasteiger partial charge in [0.2, 0.25) is 0 Å². The molecule has 0 aliphatic carbocycles. The molecule has 2 aromatic carbocycles. The molecule has 0 aliphatic heterocycles. The van der Waals surface area contributed by atoms with E-state index in [0.717, 1.165) is 0 Å². The first kappa shape index (κ1) is 13.9. The van der Waals surface area contributed by atoms with Gasteiger partial charge in [-0.3, -0.25) is 0 Å². The summed E-state index contributed by atoms with van der Waals surface area (Å²) in [5.74, 6) is -1.25. The van der Waals surface area contributed by atoms with Crippen molar-refractivity contribution < 1.29 is 23.8 Å². The van der Waals surface area contributed by atoms with E-state index in [9.17, 15) is 14.3 Å². The van der Waals surface area contributed by atoms with E-state index in [1.807, 2.05) is 0 Å². The molecule has 0 amide bonds. The number of carbonyl (C=O) groups is 1. The number of methoxy groups -OCH3 is 2. The minimum absolute atomic E-state index is 0.0786. The van der Waals surface area contributed by atoms with E-state index in [4.69, 9.17) is 9.47 Å². The normalized spacial score (nSPS) is 10.2. The predicted molar refractivity (Wildman–Crippen MR) is 71.9 cm³/mol. The lowest BCUT2D eigenvalue weighted by molar-refractivity contribution is 0.0692. The average Bonchev–Trinajstić information content (AvgIpc) is 2.46. The first-order chi connectivity index (χ1) is 9.58. The third-order valence-electron chi connectivity index (χ3n) is 2.89. The summed E-state index contributed by atoms with van der Waals surface area (Å²) in [5.41, 5.74) is 0.638. The van der Waals surface area contributed by atoms with Crippen LogP contribution in [0, 0.1) is 5.82 Å². The molecular weight excluding hydrogens is 263 g/mol. The van der Waals surface area contributed by atoms with Gasteiger partial charge in [0.05, 0.1) is 14.2 Å². The zero-order valence-corrected chi connectivity index (χ0v) is 11.0. The Labute approximate surface area is 115 Å². The summed E-state index contributed by atoms with van der Waals surface area (Å²) in [6, 6.07) is 9.04. The lowest BCUT2D eigenvalue weighted by atomic mass is 10.0. The van der Waals surface area contributed by atoms with Crippen LogP contribution >= 0.6 is 0 Å². The van der Waals surface area contributed by atoms with Gasteiger partial charge < -0.3 is 14.6 Å². The van der Waals surface area contributed by atoms with E-state index in [-0.39, 0.29) is 17.1 Å². The van der Waals surface area contributed by atoms with E-state index in [1.54, 1.807) is 24.3 Å². The monoisotopic (exact) mass is 276 g/mol. The molecule has 0 saturated carbocycles. The first-order valence-electron chi connectivity index (χ1n) is 5.82. The van der Waals surface area contributed by atoms with E-state index in [2.05, 4.69) is 0 Å². The molecule has 1 N–H and O–H groups in total. The van der Waals surface area contributed by atoms with Crippen LogP contribution in [-0.2, 0) is 0 Å². The zero-order chi connectivity index (χ0) is 14.7. The minimum Gasteiger partial charge on any atom is -0.493 e. The Hall–Kier alpha value is -2.56. The summed E-state index contributed by atoms with van der Waals surface area (Å²) in [4.78, 5) is 11.3. The fraction of sp³-hybridized carbons (Fsp3) is 0.133. The van der Waals surface area contributed by atoms with Crippen LogP contribution in [0.2, 0.25) is 0 Å². The van der Waals surface area contributed by atoms with Crippen LogP contribution in [0.15, 0.2) is 36.4 Å². The van der Waals surface area contributed by atoms with Gasteiger partial charge in [0, 0.05) is 5.56 Å². The number of ether oxygens (including phenoxy) is 2. The second-order valence-corrected chi connectivity index (χ2v) is 4.04. The molecule has 20 heavy (non-hydrogen) atoms. The van der Waals surface area contributed by atoms with Crippen LogP contribution in [0.25, 0.3) is 11.1 Å². The lowest BCUT2D eigenvalue weighted by Gasteiger charge is -2.13. The van der Waals surface area contributed by atoms with E-state index in [1.165, 1.54) is 26.4 Å². The third kappa shape index (κ3) is 2.42. The number of halogens is 1. The van der Waals surface area contributed by atoms with Gasteiger partial charge in [0.25, 0.3) is 0 Å². The average molecular weight is 276 g/mol. The molecule has 0 saturated heterocycles. The Morgan fingerprint density at radius 1 is 1.15 bits per heavy atom. The molecule has 4 nitrogen and oxygen atoms in total. The molecule has 5 heteroatoms. The van der Waals surface area contributed by atoms with Crippen molar-refractivity contribution in [2.45, 2.75) is 0 Å². The molecule has 0 bridgehead atoms. The molecule has 104 valence electrons. The van der Waals surface area contributed by atoms with Gasteiger partial charge in [-0.2, -0.15) is 0 Å². The van der Waals surface area contributed by atoms with Gasteiger partial charge in [-0.1, -0.05) is 18.2 Å². The van der Waals surface area contributed by atoms with Gasteiger partial charge in [-0.05, 0) is 23.8 Å². The SMILES string of the molecule is COc1cc(-c2ccccc2F)cc(C(=O)O)c1OC. The maximum Gasteiger partial charge on any atom is 0.339 e. The van der Waals surface area contributed by atoms with Crippen molar-refractivity contribution in [3.63, 3.8) is 0 Å². The maximum absolute atomic E-state index is 13.8. The predicted octanol–water partition coefficient (Wildman–Crippen LogP) is 3.21. The molecule has 2 aromatic rings. The Balaban J connectivity index is 2.70. The van der Waals surface area contributed by atoms with Crippen LogP contribution < -0.4 is 9.47 Å². The van der Waals surface area contributed by atoms with Crippen LogP contribution in [0.3, 0.4) is 0 Å². The largest absolute Gasteiger partial charge is 0.493 e. The minimum atomic E-state index is -1.17. The first-order valence-corrected chi connectivity index (χ1v) is 5.82. The van der Waals surface area contributed by atoms with Crippen molar-refractivity contribution in [3.8, 4) is 22.6 Å². The summed E-state index contributed by atoms with van der Waals surface area (Å²) in [6.07, 6.45) is 0. The van der Waals surface area contributed by atoms with E-state index < -0.39 is 11.8 Å². The topological polar surface area (TPSA) is 55.8 Å². The highest BCUT2D eigenvalue weighted by Gasteiger charge is 2.19. The summed E-state index contributed by atoms with van der Waals surface area (Å²) in [7, 11) is 2.75. The standard InChI is InChI=1S/C15H13FO4/c1-19-13-8-9(10-5-3-4-6-12(10)16)7-11(15(17)18)14(13)20-2/h3-8H,1-2H3,(H,17,18). The molecule has 0 aliphatic rings. The Kier molecular flexibility index (Phi) is 3.89. The molecule has 0 spiro atoms. The molecular formula is C15H13FO4. The van der Waals surface area contributed by atoms with Crippen LogP contribution in [0.1, 0.15) is 10.4 Å². The second-order valence-electron chi connectivity index (χ2n) is 4.04. The van der Waals surface area contributed by atoms with Gasteiger partial charge >= 0.3 is 5.97 Å². The molecule has 0 aromatic heterocycles. The highest BCUT2D eigenvalue weighted by Crippen LogP contribution is 2.37. The number of carboxylic acid groups (broad SMARTS) is 1. The summed E-state index contributed by atoms with van der Waals surface area (Å²) in [6.45, 7) is 0. The number of carboxylic acids is 1. The van der Waals surface area contributed by atoms with Crippen molar-refractivity contribution in [1.29, 1.82) is 0 Å². The Morgan fingerprint density at radius 3 is 2.40 bits per heavy atom.